The molecule has 2 atom stereocenters. The van der Waals surface area contributed by atoms with Gasteiger partial charge in [-0.1, -0.05) is 18.2 Å². The van der Waals surface area contributed by atoms with Crippen LogP contribution < -0.4 is 16.6 Å². The first-order chi connectivity index (χ1) is 13.3. The number of hydrogen-bond acceptors (Lipinski definition) is 9. The molecule has 1 aliphatic heterocycles. The predicted molar refractivity (Wildman–Crippen MR) is 106 cm³/mol. The largest absolute Gasteiger partial charge is 0.870 e. The van der Waals surface area contributed by atoms with Crippen LogP contribution in [0.25, 0.3) is 0 Å². The first-order valence-electron chi connectivity index (χ1n) is 8.59. The van der Waals surface area contributed by atoms with E-state index in [1.54, 1.807) is 38.1 Å². The quantitative estimate of drug-likeness (QED) is 0.582. The van der Waals surface area contributed by atoms with Crippen molar-refractivity contribution in [2.24, 2.45) is 0 Å². The molecular formula is C18H23ClN4O7. The van der Waals surface area contributed by atoms with Crippen LogP contribution in [0.15, 0.2) is 41.3 Å². The Kier molecular flexibility index (Phi) is 8.61. The van der Waals surface area contributed by atoms with Crippen LogP contribution in [0.2, 0.25) is 0 Å². The van der Waals surface area contributed by atoms with Crippen LogP contribution >= 0.6 is 12.4 Å². The van der Waals surface area contributed by atoms with Gasteiger partial charge in [-0.15, -0.1) is 12.4 Å². The second-order valence-corrected chi connectivity index (χ2v) is 6.77. The van der Waals surface area contributed by atoms with E-state index in [0.29, 0.717) is 11.3 Å². The number of anilines is 1. The molecule has 3 rings (SSSR count). The highest BCUT2D eigenvalue weighted by Crippen LogP contribution is 2.29. The number of nitrogens with zero attached hydrogens (tertiary/aromatic N) is 2. The molecule has 164 valence electrons. The number of benzene rings is 1. The van der Waals surface area contributed by atoms with E-state index in [1.165, 1.54) is 16.8 Å². The Labute approximate surface area is 177 Å². The Morgan fingerprint density at radius 2 is 2.07 bits per heavy atom. The van der Waals surface area contributed by atoms with Crippen LogP contribution in [0, 0.1) is 4.91 Å². The Bertz CT molecular complexity index is 950. The molecule has 0 radical (unpaired) electrons. The molecule has 12 heteroatoms. The number of para-hydroxylation sites is 1. The van der Waals surface area contributed by atoms with E-state index in [2.05, 4.69) is 4.98 Å². The molecule has 2 heterocycles. The van der Waals surface area contributed by atoms with Crippen molar-refractivity contribution < 1.29 is 29.7 Å². The number of carbonyl (C=O) groups is 1. The van der Waals surface area contributed by atoms with Crippen LogP contribution in [0.4, 0.5) is 11.5 Å². The van der Waals surface area contributed by atoms with Crippen LogP contribution in [-0.4, -0.2) is 40.5 Å². The molecule has 0 unspecified atom stereocenters. The second kappa shape index (κ2) is 10.3. The van der Waals surface area contributed by atoms with Gasteiger partial charge in [-0.3, -0.25) is 9.36 Å². The predicted octanol–water partition coefficient (Wildman–Crippen LogP) is -0.0585. The van der Waals surface area contributed by atoms with Crippen molar-refractivity contribution in [1.82, 2.24) is 9.55 Å². The summed E-state index contributed by atoms with van der Waals surface area (Å²) in [5, 5.41) is 1.83. The number of esters is 1. The zero-order valence-corrected chi connectivity index (χ0v) is 17.1. The van der Waals surface area contributed by atoms with Gasteiger partial charge in [-0.05, 0) is 19.9 Å². The summed E-state index contributed by atoms with van der Waals surface area (Å²) in [4.78, 5) is 39.2. The Balaban J connectivity index is 0.00000225. The number of aromatic nitrogens is 2. The molecule has 11 nitrogen and oxygen atoms in total. The molecule has 0 amide bonds. The summed E-state index contributed by atoms with van der Waals surface area (Å²) in [5.74, 6) is -0.433. The molecule has 1 aliphatic rings. The lowest BCUT2D eigenvalue weighted by molar-refractivity contribution is -0.380. The zero-order valence-electron chi connectivity index (χ0n) is 16.3. The number of nitrogens with two attached hydrogens (primary N) is 1. The minimum Gasteiger partial charge on any atom is -0.870 e. The average molecular weight is 443 g/mol. The maximum absolute atomic E-state index is 12.6. The van der Waals surface area contributed by atoms with Crippen molar-refractivity contribution in [1.29, 1.82) is 0 Å². The third kappa shape index (κ3) is 5.19. The Morgan fingerprint density at radius 3 is 2.73 bits per heavy atom. The van der Waals surface area contributed by atoms with Gasteiger partial charge in [0.15, 0.2) is 12.5 Å². The molecule has 1 saturated heterocycles. The molecule has 4 N–H and O–H groups in total. The molecule has 1 aromatic heterocycles. The van der Waals surface area contributed by atoms with Gasteiger partial charge in [-0.25, -0.2) is 4.79 Å². The maximum Gasteiger partial charge on any atom is 0.351 e. The van der Waals surface area contributed by atoms with Crippen LogP contribution in [0.1, 0.15) is 25.6 Å². The Hall–Kier alpha value is -2.86. The monoisotopic (exact) mass is 442 g/mol. The number of rotatable bonds is 6. The molecule has 2 aromatic rings. The second-order valence-electron chi connectivity index (χ2n) is 6.77. The Morgan fingerprint density at radius 1 is 1.37 bits per heavy atom. The van der Waals surface area contributed by atoms with Crippen molar-refractivity contribution in [3.05, 3.63) is 57.5 Å². The van der Waals surface area contributed by atoms with Crippen LogP contribution in [0.5, 0.6) is 0 Å². The normalized spacial score (nSPS) is 18.1. The van der Waals surface area contributed by atoms with E-state index >= 15 is 0 Å². The van der Waals surface area contributed by atoms with Gasteiger partial charge in [0.1, 0.15) is 12.4 Å². The molecule has 0 saturated carbocycles. The summed E-state index contributed by atoms with van der Waals surface area (Å²) in [7, 11) is 0. The highest BCUT2D eigenvalue weighted by molar-refractivity contribution is 5.85. The summed E-state index contributed by atoms with van der Waals surface area (Å²) >= 11 is 0. The number of ether oxygens (including phenoxy) is 3. The number of nitrogen functional groups attached to an aromatic ring is 1. The molecular weight excluding hydrogens is 420 g/mol. The highest BCUT2D eigenvalue weighted by atomic mass is 35.5. The van der Waals surface area contributed by atoms with Gasteiger partial charge in [-0.2, -0.15) is 4.98 Å². The maximum atomic E-state index is 12.6. The van der Waals surface area contributed by atoms with Gasteiger partial charge in [0.05, 0.1) is 12.0 Å². The summed E-state index contributed by atoms with van der Waals surface area (Å²) in [6.07, 6.45) is -0.0620. The SMILES string of the molecule is CC(C)(C(=O)OC[C@H]1OC[C@@H](n2ccc(N)nc2=O)O1)c1ccccc1[NH+]=O.Cl.[OH-]. The summed E-state index contributed by atoms with van der Waals surface area (Å²) in [6.45, 7) is 3.25. The van der Waals surface area contributed by atoms with E-state index in [9.17, 15) is 14.5 Å². The van der Waals surface area contributed by atoms with Gasteiger partial charge >= 0.3 is 11.7 Å². The van der Waals surface area contributed by atoms with E-state index in [0.717, 1.165) is 0 Å². The van der Waals surface area contributed by atoms with Crippen molar-refractivity contribution in [3.63, 3.8) is 0 Å². The highest BCUT2D eigenvalue weighted by Gasteiger charge is 2.37. The molecule has 1 aromatic carbocycles. The minimum atomic E-state index is -1.07. The molecule has 1 fully saturated rings. The smallest absolute Gasteiger partial charge is 0.351 e. The molecule has 0 aliphatic carbocycles. The summed E-state index contributed by atoms with van der Waals surface area (Å²) in [5.41, 5.74) is 4.65. The van der Waals surface area contributed by atoms with Crippen molar-refractivity contribution in [2.45, 2.75) is 31.8 Å². The summed E-state index contributed by atoms with van der Waals surface area (Å²) < 4.78 is 17.6. The number of hydrogen-bond donors (Lipinski definition) is 2. The van der Waals surface area contributed by atoms with Crippen molar-refractivity contribution in [2.75, 3.05) is 18.9 Å². The lowest BCUT2D eigenvalue weighted by Crippen LogP contribution is -2.57. The third-order valence-electron chi connectivity index (χ3n) is 4.47. The van der Waals surface area contributed by atoms with Crippen molar-refractivity contribution >= 4 is 29.9 Å². The summed E-state index contributed by atoms with van der Waals surface area (Å²) in [6, 6.07) is 8.17. The third-order valence-corrected chi connectivity index (χ3v) is 4.47. The fourth-order valence-corrected chi connectivity index (χ4v) is 2.87. The van der Waals surface area contributed by atoms with Gasteiger partial charge in [0.2, 0.25) is 0 Å². The zero-order chi connectivity index (χ0) is 20.3. The minimum absolute atomic E-state index is 0. The lowest BCUT2D eigenvalue weighted by atomic mass is 9.83. The lowest BCUT2D eigenvalue weighted by Gasteiger charge is -2.23. The molecule has 30 heavy (non-hydrogen) atoms. The molecule has 0 spiro atoms. The average Bonchev–Trinajstić information content (AvgIpc) is 3.14. The van der Waals surface area contributed by atoms with E-state index in [-0.39, 0.29) is 36.9 Å². The number of nitroso groups, excluding NO2 is 1. The first kappa shape index (κ1) is 25.2. The molecule has 0 bridgehead atoms. The first-order valence-corrected chi connectivity index (χ1v) is 8.59. The topological polar surface area (TPSA) is 167 Å². The fourth-order valence-electron chi connectivity index (χ4n) is 2.87. The van der Waals surface area contributed by atoms with E-state index < -0.39 is 29.6 Å². The van der Waals surface area contributed by atoms with Gasteiger partial charge < -0.3 is 25.4 Å². The standard InChI is InChI=1S/C18H20N4O6.ClH.H2O/c1-18(2,11-5-3-4-6-12(11)21-25)16(23)27-10-15-26-9-14(28-15)22-8-7-13(19)20-17(22)24;;/h3-8,14-15H,9-10H2,1-2H3,(H2,19,20,24);1H;1H2/t14-,15-;;/m0../s1. The number of halogens is 1. The van der Waals surface area contributed by atoms with Gasteiger partial charge in [0, 0.05) is 27.9 Å². The van der Waals surface area contributed by atoms with Crippen molar-refractivity contribution in [3.8, 4) is 0 Å². The van der Waals surface area contributed by atoms with Crippen LogP contribution in [-0.2, 0) is 24.4 Å². The number of carbonyl (C=O) groups excluding carboxylic acids is 1. The fraction of sp³-hybridized carbons (Fsp3) is 0.389. The van der Waals surface area contributed by atoms with E-state index in [1.807, 2.05) is 5.18 Å². The van der Waals surface area contributed by atoms with E-state index in [4.69, 9.17) is 19.9 Å². The van der Waals surface area contributed by atoms with Gasteiger partial charge in [0.25, 0.3) is 5.69 Å². The van der Waals surface area contributed by atoms with Crippen LogP contribution in [0.3, 0.4) is 0 Å². The number of nitrogens with one attached hydrogen (secondary N) is 1.